The zero-order valence-corrected chi connectivity index (χ0v) is 12.0. The van der Waals surface area contributed by atoms with Crippen molar-refractivity contribution in [3.8, 4) is 5.75 Å². The van der Waals surface area contributed by atoms with Crippen molar-refractivity contribution >= 4 is 0 Å². The average Bonchev–Trinajstić information content (AvgIpc) is 2.39. The smallest absolute Gasteiger partial charge is 0.119 e. The van der Waals surface area contributed by atoms with Crippen molar-refractivity contribution in [2.24, 2.45) is 5.92 Å². The van der Waals surface area contributed by atoms with Crippen LogP contribution < -0.4 is 4.74 Å². The molecule has 1 aromatic rings. The highest BCUT2D eigenvalue weighted by atomic mass is 16.5. The molecule has 2 rings (SSSR count). The first-order valence-electron chi connectivity index (χ1n) is 7.23. The fourth-order valence-corrected chi connectivity index (χ4v) is 2.49. The largest absolute Gasteiger partial charge is 0.491 e. The van der Waals surface area contributed by atoms with Crippen molar-refractivity contribution in [1.29, 1.82) is 0 Å². The molecule has 1 heterocycles. The lowest BCUT2D eigenvalue weighted by Gasteiger charge is -2.31. The summed E-state index contributed by atoms with van der Waals surface area (Å²) in [6.45, 7) is 7.63. The van der Waals surface area contributed by atoms with Gasteiger partial charge in [-0.05, 0) is 56.5 Å². The first-order valence-corrected chi connectivity index (χ1v) is 7.23. The van der Waals surface area contributed by atoms with Crippen molar-refractivity contribution < 1.29 is 9.84 Å². The van der Waals surface area contributed by atoms with Crippen molar-refractivity contribution in [3.05, 3.63) is 29.8 Å². The Morgan fingerprint density at radius 1 is 1.37 bits per heavy atom. The molecule has 1 saturated heterocycles. The van der Waals surface area contributed by atoms with Crippen LogP contribution in [-0.4, -0.2) is 42.4 Å². The van der Waals surface area contributed by atoms with E-state index in [4.69, 9.17) is 4.74 Å². The number of likely N-dealkylation sites (tertiary alicyclic amines) is 1. The SMILES string of the molecule is Cc1cccc(OCC(O)CN2CCC(C)CC2)c1. The second-order valence-corrected chi connectivity index (χ2v) is 5.76. The number of nitrogens with zero attached hydrogens (tertiary/aromatic N) is 1. The molecule has 19 heavy (non-hydrogen) atoms. The molecule has 0 saturated carbocycles. The molecule has 1 aliphatic rings. The van der Waals surface area contributed by atoms with Crippen molar-refractivity contribution in [2.45, 2.75) is 32.8 Å². The van der Waals surface area contributed by atoms with E-state index in [2.05, 4.69) is 11.8 Å². The number of β-amino-alcohol motifs (C(OH)–C–C–N with tert-alkyl or cyclic N) is 1. The fraction of sp³-hybridized carbons (Fsp3) is 0.625. The van der Waals surface area contributed by atoms with Crippen LogP contribution in [0.4, 0.5) is 0 Å². The van der Waals surface area contributed by atoms with Gasteiger partial charge >= 0.3 is 0 Å². The van der Waals surface area contributed by atoms with E-state index in [0.717, 1.165) is 31.3 Å². The molecule has 106 valence electrons. The van der Waals surface area contributed by atoms with Gasteiger partial charge in [0, 0.05) is 6.54 Å². The number of aliphatic hydroxyl groups is 1. The quantitative estimate of drug-likeness (QED) is 0.886. The van der Waals surface area contributed by atoms with Crippen molar-refractivity contribution in [3.63, 3.8) is 0 Å². The molecule has 1 N–H and O–H groups in total. The third kappa shape index (κ3) is 4.84. The van der Waals surface area contributed by atoms with Crippen molar-refractivity contribution in [2.75, 3.05) is 26.2 Å². The Balaban J connectivity index is 1.71. The highest BCUT2D eigenvalue weighted by molar-refractivity contribution is 5.27. The minimum Gasteiger partial charge on any atom is -0.491 e. The molecule has 1 aliphatic heterocycles. The highest BCUT2D eigenvalue weighted by Crippen LogP contribution is 2.16. The molecular formula is C16H25NO2. The van der Waals surface area contributed by atoms with E-state index < -0.39 is 6.10 Å². The van der Waals surface area contributed by atoms with Gasteiger partial charge in [-0.3, -0.25) is 0 Å². The minimum atomic E-state index is -0.408. The van der Waals surface area contributed by atoms with E-state index in [1.165, 1.54) is 18.4 Å². The van der Waals surface area contributed by atoms with Gasteiger partial charge in [-0.1, -0.05) is 19.1 Å². The minimum absolute atomic E-state index is 0.371. The van der Waals surface area contributed by atoms with Crippen LogP contribution in [0.3, 0.4) is 0 Å². The van der Waals surface area contributed by atoms with E-state index in [1.54, 1.807) is 0 Å². The van der Waals surface area contributed by atoms with E-state index in [0.29, 0.717) is 6.61 Å². The summed E-state index contributed by atoms with van der Waals surface area (Å²) in [5.74, 6) is 1.67. The third-order valence-electron chi connectivity index (χ3n) is 3.78. The topological polar surface area (TPSA) is 32.7 Å². The maximum atomic E-state index is 10.0. The second kappa shape index (κ2) is 6.92. The molecule has 1 unspecified atom stereocenters. The lowest BCUT2D eigenvalue weighted by atomic mass is 9.99. The monoisotopic (exact) mass is 263 g/mol. The van der Waals surface area contributed by atoms with E-state index in [-0.39, 0.29) is 0 Å². The lowest BCUT2D eigenvalue weighted by Crippen LogP contribution is -2.40. The summed E-state index contributed by atoms with van der Waals surface area (Å²) in [7, 11) is 0. The van der Waals surface area contributed by atoms with E-state index in [9.17, 15) is 5.11 Å². The van der Waals surface area contributed by atoms with Gasteiger partial charge in [0.2, 0.25) is 0 Å². The summed E-state index contributed by atoms with van der Waals surface area (Å²) in [5.41, 5.74) is 1.18. The Labute approximate surface area is 116 Å². The number of aliphatic hydroxyl groups excluding tert-OH is 1. The number of hydrogen-bond acceptors (Lipinski definition) is 3. The van der Waals surface area contributed by atoms with Crippen LogP contribution in [0.15, 0.2) is 24.3 Å². The summed E-state index contributed by atoms with van der Waals surface area (Å²) in [6, 6.07) is 7.94. The van der Waals surface area contributed by atoms with Crippen LogP contribution >= 0.6 is 0 Å². The van der Waals surface area contributed by atoms with E-state index in [1.807, 2.05) is 31.2 Å². The molecule has 0 aliphatic carbocycles. The fourth-order valence-electron chi connectivity index (χ4n) is 2.49. The summed E-state index contributed by atoms with van der Waals surface area (Å²) < 4.78 is 5.63. The summed E-state index contributed by atoms with van der Waals surface area (Å²) in [6.07, 6.45) is 2.07. The third-order valence-corrected chi connectivity index (χ3v) is 3.78. The maximum Gasteiger partial charge on any atom is 0.119 e. The number of piperidine rings is 1. The van der Waals surface area contributed by atoms with E-state index >= 15 is 0 Å². The van der Waals surface area contributed by atoms with Crippen LogP contribution in [0.1, 0.15) is 25.3 Å². The Kier molecular flexibility index (Phi) is 5.23. The summed E-state index contributed by atoms with van der Waals surface area (Å²) in [5, 5.41) is 10.0. The molecule has 0 radical (unpaired) electrons. The molecule has 0 amide bonds. The Hall–Kier alpha value is -1.06. The van der Waals surface area contributed by atoms with Crippen LogP contribution in [0.25, 0.3) is 0 Å². The number of ether oxygens (including phenoxy) is 1. The standard InChI is InChI=1S/C16H25NO2/c1-13-6-8-17(9-7-13)11-15(18)12-19-16-5-3-4-14(2)10-16/h3-5,10,13,15,18H,6-9,11-12H2,1-2H3. The predicted molar refractivity (Wildman–Crippen MR) is 77.5 cm³/mol. The second-order valence-electron chi connectivity index (χ2n) is 5.76. The zero-order chi connectivity index (χ0) is 13.7. The molecule has 3 heteroatoms. The van der Waals surface area contributed by atoms with Gasteiger partial charge in [-0.2, -0.15) is 0 Å². The van der Waals surface area contributed by atoms with Crippen molar-refractivity contribution in [1.82, 2.24) is 4.90 Å². The average molecular weight is 263 g/mol. The van der Waals surface area contributed by atoms with Gasteiger partial charge in [0.05, 0.1) is 0 Å². The molecule has 1 fully saturated rings. The molecule has 0 bridgehead atoms. The number of hydrogen-bond donors (Lipinski definition) is 1. The van der Waals surface area contributed by atoms with Gasteiger partial charge < -0.3 is 14.7 Å². The Morgan fingerprint density at radius 3 is 2.79 bits per heavy atom. The molecule has 0 spiro atoms. The van der Waals surface area contributed by atoms with Gasteiger partial charge in [0.25, 0.3) is 0 Å². The Bertz CT molecular complexity index is 386. The molecule has 1 atom stereocenters. The summed E-state index contributed by atoms with van der Waals surface area (Å²) in [4.78, 5) is 2.34. The van der Waals surface area contributed by atoms with Gasteiger partial charge in [0.1, 0.15) is 18.5 Å². The van der Waals surface area contributed by atoms with Crippen LogP contribution in [0.5, 0.6) is 5.75 Å². The Morgan fingerprint density at radius 2 is 2.11 bits per heavy atom. The van der Waals surface area contributed by atoms with Crippen LogP contribution in [-0.2, 0) is 0 Å². The first-order chi connectivity index (χ1) is 9.13. The summed E-state index contributed by atoms with van der Waals surface area (Å²) >= 11 is 0. The van der Waals surface area contributed by atoms with Gasteiger partial charge in [0.15, 0.2) is 0 Å². The predicted octanol–water partition coefficient (Wildman–Crippen LogP) is 2.47. The maximum absolute atomic E-state index is 10.0. The zero-order valence-electron chi connectivity index (χ0n) is 12.0. The molecular weight excluding hydrogens is 238 g/mol. The van der Waals surface area contributed by atoms with Gasteiger partial charge in [-0.25, -0.2) is 0 Å². The number of rotatable bonds is 5. The van der Waals surface area contributed by atoms with Crippen LogP contribution in [0.2, 0.25) is 0 Å². The van der Waals surface area contributed by atoms with Crippen LogP contribution in [0, 0.1) is 12.8 Å². The lowest BCUT2D eigenvalue weighted by molar-refractivity contribution is 0.0563. The molecule has 0 aromatic heterocycles. The molecule has 1 aromatic carbocycles. The molecule has 3 nitrogen and oxygen atoms in total. The number of benzene rings is 1. The normalized spacial score (nSPS) is 19.3. The number of aryl methyl sites for hydroxylation is 1. The first kappa shape index (κ1) is 14.4. The van der Waals surface area contributed by atoms with Gasteiger partial charge in [-0.15, -0.1) is 0 Å². The highest BCUT2D eigenvalue weighted by Gasteiger charge is 2.18.